The molecule has 3 N–H and O–H groups in total. The van der Waals surface area contributed by atoms with Gasteiger partial charge in [0.05, 0.1) is 6.54 Å². The van der Waals surface area contributed by atoms with Crippen LogP contribution in [0.25, 0.3) is 0 Å². The molecule has 1 aromatic heterocycles. The molecule has 0 unspecified atom stereocenters. The lowest BCUT2D eigenvalue weighted by atomic mass is 10.1. The van der Waals surface area contributed by atoms with E-state index in [1.165, 1.54) is 10.4 Å². The fraction of sp³-hybridized carbons (Fsp3) is 0.231. The maximum absolute atomic E-state index is 5.82. The molecule has 0 fully saturated rings. The Hall–Kier alpha value is -1.48. The molecule has 0 amide bonds. The number of anilines is 2. The largest absolute Gasteiger partial charge is 0.398 e. The Morgan fingerprint density at radius 2 is 1.94 bits per heavy atom. The highest BCUT2D eigenvalue weighted by Gasteiger charge is 1.99. The summed E-state index contributed by atoms with van der Waals surface area (Å²) in [6.07, 6.45) is 1.08. The van der Waals surface area contributed by atoms with Gasteiger partial charge in [-0.3, -0.25) is 0 Å². The van der Waals surface area contributed by atoms with Gasteiger partial charge in [-0.25, -0.2) is 0 Å². The fourth-order valence-electron chi connectivity index (χ4n) is 1.53. The van der Waals surface area contributed by atoms with Gasteiger partial charge in [0, 0.05) is 16.3 Å². The first-order valence-electron chi connectivity index (χ1n) is 5.44. The maximum Gasteiger partial charge on any atom is 0.0514 e. The molecule has 1 heterocycles. The second-order valence-electron chi connectivity index (χ2n) is 3.70. The summed E-state index contributed by atoms with van der Waals surface area (Å²) in [4.78, 5) is 1.19. The number of nitrogens with two attached hydrogens (primary N) is 1. The van der Waals surface area contributed by atoms with E-state index in [-0.39, 0.29) is 0 Å². The predicted molar refractivity (Wildman–Crippen MR) is 71.9 cm³/mol. The van der Waals surface area contributed by atoms with Crippen molar-refractivity contribution < 1.29 is 0 Å². The van der Waals surface area contributed by atoms with E-state index in [9.17, 15) is 0 Å². The van der Waals surface area contributed by atoms with Crippen LogP contribution in [0.3, 0.4) is 0 Å². The molecule has 0 saturated heterocycles. The molecule has 2 aromatic rings. The minimum Gasteiger partial charge on any atom is -0.398 e. The van der Waals surface area contributed by atoms with Gasteiger partial charge in [-0.2, -0.15) is 0 Å². The van der Waals surface area contributed by atoms with Crippen LogP contribution >= 0.6 is 11.3 Å². The lowest BCUT2D eigenvalue weighted by molar-refractivity contribution is 1.13. The summed E-state index contributed by atoms with van der Waals surface area (Å²) in [6, 6.07) is 10.5. The molecule has 0 saturated carbocycles. The summed E-state index contributed by atoms with van der Waals surface area (Å²) < 4.78 is 0. The summed E-state index contributed by atoms with van der Waals surface area (Å²) >= 11 is 1.69. The van der Waals surface area contributed by atoms with E-state index in [4.69, 9.17) is 5.73 Å². The van der Waals surface area contributed by atoms with E-state index in [1.54, 1.807) is 11.3 Å². The van der Waals surface area contributed by atoms with Gasteiger partial charge in [0.15, 0.2) is 0 Å². The number of rotatable bonds is 4. The van der Waals surface area contributed by atoms with Gasteiger partial charge in [0.25, 0.3) is 0 Å². The number of hydrogen-bond donors (Lipinski definition) is 2. The molecule has 2 nitrogen and oxygen atoms in total. The van der Waals surface area contributed by atoms with Crippen LogP contribution in [0.1, 0.15) is 17.4 Å². The minimum absolute atomic E-state index is 0.801. The van der Waals surface area contributed by atoms with Crippen LogP contribution in [-0.4, -0.2) is 0 Å². The average molecular weight is 232 g/mol. The highest BCUT2D eigenvalue weighted by Crippen LogP contribution is 2.20. The van der Waals surface area contributed by atoms with Crippen molar-refractivity contribution in [2.45, 2.75) is 19.9 Å². The summed E-state index contributed by atoms with van der Waals surface area (Å²) in [6.45, 7) is 2.96. The molecule has 0 atom stereocenters. The minimum atomic E-state index is 0.801. The van der Waals surface area contributed by atoms with Crippen LogP contribution in [0, 0.1) is 0 Å². The van der Waals surface area contributed by atoms with Gasteiger partial charge in [0.1, 0.15) is 0 Å². The highest BCUT2D eigenvalue weighted by atomic mass is 32.1. The Morgan fingerprint density at radius 1 is 1.19 bits per heavy atom. The third-order valence-corrected chi connectivity index (χ3v) is 3.53. The molecule has 1 aromatic carbocycles. The van der Waals surface area contributed by atoms with Crippen LogP contribution < -0.4 is 11.1 Å². The van der Waals surface area contributed by atoms with E-state index in [1.807, 2.05) is 11.4 Å². The highest BCUT2D eigenvalue weighted by molar-refractivity contribution is 7.10. The number of benzene rings is 1. The quantitative estimate of drug-likeness (QED) is 0.846. The van der Waals surface area contributed by atoms with Crippen molar-refractivity contribution in [3.05, 3.63) is 46.2 Å². The molecule has 0 aliphatic carbocycles. The van der Waals surface area contributed by atoms with Crippen molar-refractivity contribution >= 4 is 22.7 Å². The zero-order valence-electron chi connectivity index (χ0n) is 9.36. The Balaban J connectivity index is 1.97. The third-order valence-electron chi connectivity index (χ3n) is 2.60. The molecule has 0 spiro atoms. The van der Waals surface area contributed by atoms with Crippen molar-refractivity contribution in [3.63, 3.8) is 0 Å². The zero-order chi connectivity index (χ0) is 11.4. The first-order valence-corrected chi connectivity index (χ1v) is 6.32. The Kier molecular flexibility index (Phi) is 3.47. The standard InChI is InChI=1S/C13H16N2S/c1-2-10-3-5-11(6-4-10)15-9-13-12(14)7-8-16-13/h3-8,15H,2,9,14H2,1H3. The van der Waals surface area contributed by atoms with Crippen molar-refractivity contribution in [1.29, 1.82) is 0 Å². The molecular weight excluding hydrogens is 216 g/mol. The molecule has 0 aliphatic heterocycles. The van der Waals surface area contributed by atoms with E-state index in [0.29, 0.717) is 0 Å². The number of thiophene rings is 1. The Bertz CT molecular complexity index is 445. The summed E-state index contributed by atoms with van der Waals surface area (Å²) in [7, 11) is 0. The zero-order valence-corrected chi connectivity index (χ0v) is 10.2. The number of nitrogen functional groups attached to an aromatic ring is 1. The molecular formula is C13H16N2S. The van der Waals surface area contributed by atoms with Crippen LogP contribution in [-0.2, 0) is 13.0 Å². The second-order valence-corrected chi connectivity index (χ2v) is 4.70. The monoisotopic (exact) mass is 232 g/mol. The van der Waals surface area contributed by atoms with Crippen molar-refractivity contribution in [3.8, 4) is 0 Å². The van der Waals surface area contributed by atoms with Crippen LogP contribution in [0.15, 0.2) is 35.7 Å². The Morgan fingerprint density at radius 3 is 2.50 bits per heavy atom. The number of nitrogens with one attached hydrogen (secondary N) is 1. The van der Waals surface area contributed by atoms with Gasteiger partial charge >= 0.3 is 0 Å². The van der Waals surface area contributed by atoms with Gasteiger partial charge in [0.2, 0.25) is 0 Å². The van der Waals surface area contributed by atoms with E-state index in [0.717, 1.165) is 24.3 Å². The normalized spacial score (nSPS) is 10.3. The van der Waals surface area contributed by atoms with E-state index >= 15 is 0 Å². The van der Waals surface area contributed by atoms with E-state index in [2.05, 4.69) is 36.5 Å². The Labute approximate surface area is 100 Å². The summed E-state index contributed by atoms with van der Waals surface area (Å²) in [5.41, 5.74) is 9.20. The first kappa shape index (κ1) is 11.0. The fourth-order valence-corrected chi connectivity index (χ4v) is 2.27. The maximum atomic E-state index is 5.82. The molecule has 3 heteroatoms. The molecule has 0 radical (unpaired) electrons. The van der Waals surface area contributed by atoms with Gasteiger partial charge in [-0.15, -0.1) is 11.3 Å². The smallest absolute Gasteiger partial charge is 0.0514 e. The third kappa shape index (κ3) is 2.55. The average Bonchev–Trinajstić information content (AvgIpc) is 2.73. The van der Waals surface area contributed by atoms with Crippen molar-refractivity contribution in [2.24, 2.45) is 0 Å². The molecule has 2 rings (SSSR count). The lowest BCUT2D eigenvalue weighted by Gasteiger charge is -2.06. The van der Waals surface area contributed by atoms with Crippen molar-refractivity contribution in [2.75, 3.05) is 11.1 Å². The van der Waals surface area contributed by atoms with Crippen LogP contribution in [0.5, 0.6) is 0 Å². The van der Waals surface area contributed by atoms with Crippen LogP contribution in [0.2, 0.25) is 0 Å². The second kappa shape index (κ2) is 5.03. The number of aryl methyl sites for hydroxylation is 1. The lowest BCUT2D eigenvalue weighted by Crippen LogP contribution is -1.99. The van der Waals surface area contributed by atoms with E-state index < -0.39 is 0 Å². The molecule has 0 bridgehead atoms. The SMILES string of the molecule is CCc1ccc(NCc2sccc2N)cc1. The van der Waals surface area contributed by atoms with Crippen molar-refractivity contribution in [1.82, 2.24) is 0 Å². The molecule has 16 heavy (non-hydrogen) atoms. The predicted octanol–water partition coefficient (Wildman–Crippen LogP) is 3.50. The molecule has 84 valence electrons. The van der Waals surface area contributed by atoms with Gasteiger partial charge in [-0.05, 0) is 35.6 Å². The first-order chi connectivity index (χ1) is 7.79. The topological polar surface area (TPSA) is 38.0 Å². The van der Waals surface area contributed by atoms with Crippen LogP contribution in [0.4, 0.5) is 11.4 Å². The number of hydrogen-bond acceptors (Lipinski definition) is 3. The summed E-state index contributed by atoms with van der Waals surface area (Å²) in [5.74, 6) is 0. The summed E-state index contributed by atoms with van der Waals surface area (Å²) in [5, 5.41) is 5.39. The van der Waals surface area contributed by atoms with Gasteiger partial charge < -0.3 is 11.1 Å². The van der Waals surface area contributed by atoms with Gasteiger partial charge in [-0.1, -0.05) is 19.1 Å². The molecule has 0 aliphatic rings.